The first kappa shape index (κ1) is 20.3. The lowest BCUT2D eigenvalue weighted by Crippen LogP contribution is -2.05. The fourth-order valence-corrected chi connectivity index (χ4v) is 3.04. The maximum absolute atomic E-state index is 5.41. The van der Waals surface area contributed by atoms with Gasteiger partial charge in [-0.2, -0.15) is 0 Å². The van der Waals surface area contributed by atoms with Crippen LogP contribution in [-0.4, -0.2) is 31.3 Å². The van der Waals surface area contributed by atoms with E-state index in [2.05, 4.69) is 51.8 Å². The molecule has 0 bridgehead atoms. The second-order valence-corrected chi connectivity index (χ2v) is 6.57. The smallest absolute Gasteiger partial charge is 0.203 e. The van der Waals surface area contributed by atoms with Gasteiger partial charge in [-0.25, -0.2) is 9.97 Å². The van der Waals surface area contributed by atoms with Gasteiger partial charge in [0.1, 0.15) is 17.5 Å². The molecule has 1 heterocycles. The summed E-state index contributed by atoms with van der Waals surface area (Å²) in [6, 6.07) is 13.9. The van der Waals surface area contributed by atoms with Crippen molar-refractivity contribution in [3.8, 4) is 17.2 Å². The number of aromatic nitrogens is 2. The van der Waals surface area contributed by atoms with Crippen molar-refractivity contribution in [2.75, 3.05) is 32.0 Å². The molecular weight excluding hydrogens is 368 g/mol. The molecule has 3 rings (SSSR count). The Labute approximate surface area is 171 Å². The zero-order valence-corrected chi connectivity index (χ0v) is 17.4. The third kappa shape index (κ3) is 5.07. The number of nitrogens with one attached hydrogen (secondary N) is 2. The summed E-state index contributed by atoms with van der Waals surface area (Å²) in [6.45, 7) is 4.62. The molecular formula is C22H26N4O3. The van der Waals surface area contributed by atoms with Gasteiger partial charge in [-0.3, -0.25) is 0 Å². The van der Waals surface area contributed by atoms with Crippen molar-refractivity contribution in [2.24, 2.45) is 0 Å². The number of anilines is 3. The average molecular weight is 394 g/mol. The number of hydrogen-bond acceptors (Lipinski definition) is 7. The molecule has 0 fully saturated rings. The molecule has 7 nitrogen and oxygen atoms in total. The number of rotatable bonds is 8. The van der Waals surface area contributed by atoms with Crippen molar-refractivity contribution in [2.45, 2.75) is 20.4 Å². The molecule has 7 heteroatoms. The van der Waals surface area contributed by atoms with E-state index in [9.17, 15) is 0 Å². The molecule has 2 aromatic carbocycles. The van der Waals surface area contributed by atoms with E-state index >= 15 is 0 Å². The summed E-state index contributed by atoms with van der Waals surface area (Å²) in [6.07, 6.45) is 0. The summed E-state index contributed by atoms with van der Waals surface area (Å²) >= 11 is 0. The second kappa shape index (κ2) is 9.14. The average Bonchev–Trinajstić information content (AvgIpc) is 2.71. The molecule has 0 saturated carbocycles. The highest BCUT2D eigenvalue weighted by Gasteiger charge is 2.14. The van der Waals surface area contributed by atoms with Crippen LogP contribution >= 0.6 is 0 Å². The molecule has 0 spiro atoms. The monoisotopic (exact) mass is 394 g/mol. The molecule has 152 valence electrons. The van der Waals surface area contributed by atoms with E-state index < -0.39 is 0 Å². The molecule has 0 saturated heterocycles. The van der Waals surface area contributed by atoms with Gasteiger partial charge in [0, 0.05) is 30.4 Å². The van der Waals surface area contributed by atoms with Gasteiger partial charge in [-0.15, -0.1) is 0 Å². The Morgan fingerprint density at radius 3 is 2.14 bits per heavy atom. The van der Waals surface area contributed by atoms with E-state index in [1.807, 2.05) is 25.1 Å². The first-order chi connectivity index (χ1) is 14.0. The molecule has 1 aromatic heterocycles. The van der Waals surface area contributed by atoms with Crippen molar-refractivity contribution in [1.29, 1.82) is 0 Å². The van der Waals surface area contributed by atoms with Gasteiger partial charge < -0.3 is 24.8 Å². The van der Waals surface area contributed by atoms with E-state index in [1.165, 1.54) is 11.1 Å². The molecule has 0 radical (unpaired) electrons. The van der Waals surface area contributed by atoms with Crippen LogP contribution in [0.25, 0.3) is 0 Å². The van der Waals surface area contributed by atoms with Crippen molar-refractivity contribution < 1.29 is 14.2 Å². The van der Waals surface area contributed by atoms with Crippen LogP contribution < -0.4 is 24.8 Å². The van der Waals surface area contributed by atoms with Gasteiger partial charge in [-0.1, -0.05) is 29.8 Å². The zero-order chi connectivity index (χ0) is 20.8. The molecule has 0 amide bonds. The Morgan fingerprint density at radius 1 is 0.828 bits per heavy atom. The fourth-order valence-electron chi connectivity index (χ4n) is 3.04. The van der Waals surface area contributed by atoms with Gasteiger partial charge in [-0.05, 0) is 19.4 Å². The van der Waals surface area contributed by atoms with Gasteiger partial charge in [0.25, 0.3) is 0 Å². The normalized spacial score (nSPS) is 10.4. The van der Waals surface area contributed by atoms with E-state index in [1.54, 1.807) is 21.3 Å². The highest BCUT2D eigenvalue weighted by molar-refractivity contribution is 5.67. The van der Waals surface area contributed by atoms with Crippen LogP contribution in [0.5, 0.6) is 17.2 Å². The van der Waals surface area contributed by atoms with E-state index in [-0.39, 0.29) is 0 Å². The highest BCUT2D eigenvalue weighted by atomic mass is 16.5. The first-order valence-corrected chi connectivity index (χ1v) is 9.24. The second-order valence-electron chi connectivity index (χ2n) is 6.57. The van der Waals surface area contributed by atoms with Crippen molar-refractivity contribution in [1.82, 2.24) is 9.97 Å². The van der Waals surface area contributed by atoms with Gasteiger partial charge >= 0.3 is 0 Å². The number of hydrogen-bond donors (Lipinski definition) is 2. The van der Waals surface area contributed by atoms with E-state index in [0.29, 0.717) is 35.4 Å². The van der Waals surface area contributed by atoms with Gasteiger partial charge in [0.15, 0.2) is 11.5 Å². The maximum atomic E-state index is 5.41. The summed E-state index contributed by atoms with van der Waals surface area (Å²) in [5.74, 6) is 3.75. The summed E-state index contributed by atoms with van der Waals surface area (Å²) in [5.41, 5.74) is 3.19. The molecule has 2 N–H and O–H groups in total. The van der Waals surface area contributed by atoms with E-state index in [4.69, 9.17) is 14.2 Å². The van der Waals surface area contributed by atoms with Gasteiger partial charge in [0.2, 0.25) is 5.75 Å². The topological polar surface area (TPSA) is 77.5 Å². The molecule has 29 heavy (non-hydrogen) atoms. The predicted octanol–water partition coefficient (Wildman–Crippen LogP) is 4.47. The predicted molar refractivity (Wildman–Crippen MR) is 115 cm³/mol. The molecule has 3 aromatic rings. The Bertz CT molecular complexity index is 967. The van der Waals surface area contributed by atoms with Crippen LogP contribution in [0, 0.1) is 13.8 Å². The summed E-state index contributed by atoms with van der Waals surface area (Å²) in [4.78, 5) is 8.95. The molecule has 0 aliphatic heterocycles. The minimum Gasteiger partial charge on any atom is -0.493 e. The lowest BCUT2D eigenvalue weighted by atomic mass is 10.1. The number of nitrogens with zero attached hydrogens (tertiary/aromatic N) is 2. The number of aryl methyl sites for hydroxylation is 2. The molecule has 0 unspecified atom stereocenters. The molecule has 0 aliphatic carbocycles. The number of ether oxygens (including phenoxy) is 3. The summed E-state index contributed by atoms with van der Waals surface area (Å²) in [5, 5.41) is 6.64. The van der Waals surface area contributed by atoms with Crippen LogP contribution in [0.3, 0.4) is 0 Å². The van der Waals surface area contributed by atoms with Crippen LogP contribution in [0.15, 0.2) is 42.5 Å². The first-order valence-electron chi connectivity index (χ1n) is 9.24. The van der Waals surface area contributed by atoms with Crippen LogP contribution in [-0.2, 0) is 6.54 Å². The fraction of sp³-hybridized carbons (Fsp3) is 0.273. The third-order valence-electron chi connectivity index (χ3n) is 4.33. The Kier molecular flexibility index (Phi) is 6.39. The van der Waals surface area contributed by atoms with Crippen molar-refractivity contribution in [3.63, 3.8) is 0 Å². The van der Waals surface area contributed by atoms with Crippen LogP contribution in [0.1, 0.15) is 17.0 Å². The van der Waals surface area contributed by atoms with E-state index in [0.717, 1.165) is 11.5 Å². The Balaban J connectivity index is 1.81. The number of methoxy groups -OCH3 is 3. The van der Waals surface area contributed by atoms with Crippen LogP contribution in [0.2, 0.25) is 0 Å². The molecule has 0 atom stereocenters. The molecule has 0 aliphatic rings. The Hall–Kier alpha value is -3.48. The van der Waals surface area contributed by atoms with Gasteiger partial charge in [0.05, 0.1) is 21.3 Å². The zero-order valence-electron chi connectivity index (χ0n) is 17.4. The SMILES string of the molecule is COc1cc(Nc2cc(NCc3cccc(C)c3)nc(C)n2)cc(OC)c1OC. The minimum atomic E-state index is 0.542. The van der Waals surface area contributed by atoms with Crippen molar-refractivity contribution >= 4 is 17.3 Å². The lowest BCUT2D eigenvalue weighted by molar-refractivity contribution is 0.324. The summed E-state index contributed by atoms with van der Waals surface area (Å²) in [7, 11) is 4.75. The quantitative estimate of drug-likeness (QED) is 0.583. The standard InChI is InChI=1S/C22H26N4O3/c1-14-7-6-8-16(9-14)13-23-20-12-21(25-15(2)24-20)26-17-10-18(27-3)22(29-5)19(11-17)28-4/h6-12H,13H2,1-5H3,(H2,23,24,25,26). The maximum Gasteiger partial charge on any atom is 0.203 e. The largest absolute Gasteiger partial charge is 0.493 e. The lowest BCUT2D eigenvalue weighted by Gasteiger charge is -2.15. The van der Waals surface area contributed by atoms with Crippen LogP contribution in [0.4, 0.5) is 17.3 Å². The van der Waals surface area contributed by atoms with Crippen molar-refractivity contribution in [3.05, 3.63) is 59.4 Å². The highest BCUT2D eigenvalue weighted by Crippen LogP contribution is 2.40. The minimum absolute atomic E-state index is 0.542. The number of benzene rings is 2. The third-order valence-corrected chi connectivity index (χ3v) is 4.33. The summed E-state index contributed by atoms with van der Waals surface area (Å²) < 4.78 is 16.2. The Morgan fingerprint density at radius 2 is 1.52 bits per heavy atom.